The van der Waals surface area contributed by atoms with Crippen molar-refractivity contribution in [2.75, 3.05) is 0 Å². The molecular weight excluding hydrogens is 312 g/mol. The second-order valence-electron chi connectivity index (χ2n) is 5.54. The van der Waals surface area contributed by atoms with Crippen molar-refractivity contribution in [2.45, 2.75) is 25.9 Å². The minimum atomic E-state index is -0.313. The van der Waals surface area contributed by atoms with Gasteiger partial charge in [0.25, 0.3) is 0 Å². The summed E-state index contributed by atoms with van der Waals surface area (Å²) in [6.45, 7) is 2.06. The highest BCUT2D eigenvalue weighted by Crippen LogP contribution is 2.20. The molecule has 0 saturated carbocycles. The number of aromatic nitrogens is 2. The van der Waals surface area contributed by atoms with Crippen LogP contribution in [0.15, 0.2) is 52.9 Å². The average molecular weight is 329 g/mol. The first-order valence-electron chi connectivity index (χ1n) is 7.62. The summed E-state index contributed by atoms with van der Waals surface area (Å²) < 4.78 is 32.3. The maximum absolute atomic E-state index is 13.6. The number of nitrogens with one attached hydrogen (secondary N) is 1. The molecule has 0 spiro atoms. The van der Waals surface area contributed by atoms with E-state index in [9.17, 15) is 8.78 Å². The molecule has 0 radical (unpaired) electrons. The largest absolute Gasteiger partial charge is 0.424 e. The van der Waals surface area contributed by atoms with E-state index in [-0.39, 0.29) is 17.7 Å². The van der Waals surface area contributed by atoms with Crippen LogP contribution in [0.4, 0.5) is 8.78 Å². The van der Waals surface area contributed by atoms with Gasteiger partial charge in [-0.2, -0.15) is 0 Å². The van der Waals surface area contributed by atoms with E-state index in [1.807, 2.05) is 12.1 Å². The third-order valence-electron chi connectivity index (χ3n) is 3.65. The normalized spacial score (nSPS) is 12.3. The predicted molar refractivity (Wildman–Crippen MR) is 85.1 cm³/mol. The number of hydrogen-bond donors (Lipinski definition) is 1. The molecule has 3 rings (SSSR count). The van der Waals surface area contributed by atoms with Gasteiger partial charge in [0.05, 0.1) is 6.54 Å². The molecule has 1 aromatic heterocycles. The van der Waals surface area contributed by atoms with Gasteiger partial charge in [0, 0.05) is 13.0 Å². The zero-order valence-corrected chi connectivity index (χ0v) is 13.2. The fraction of sp³-hybridized carbons (Fsp3) is 0.222. The first kappa shape index (κ1) is 16.3. The van der Waals surface area contributed by atoms with E-state index >= 15 is 0 Å². The summed E-state index contributed by atoms with van der Waals surface area (Å²) in [5.41, 5.74) is 1.59. The highest BCUT2D eigenvalue weighted by Gasteiger charge is 2.15. The number of rotatable bonds is 6. The Bertz CT molecular complexity index is 819. The van der Waals surface area contributed by atoms with Crippen molar-refractivity contribution in [3.8, 4) is 0 Å². The summed E-state index contributed by atoms with van der Waals surface area (Å²) in [6, 6.07) is 12.5. The Balaban J connectivity index is 1.80. The van der Waals surface area contributed by atoms with Gasteiger partial charge in [-0.05, 0) is 41.8 Å². The van der Waals surface area contributed by atoms with Gasteiger partial charge in [-0.3, -0.25) is 0 Å². The third kappa shape index (κ3) is 4.23. The van der Waals surface area contributed by atoms with Crippen LogP contribution in [0.3, 0.4) is 0 Å². The monoisotopic (exact) mass is 329 g/mol. The summed E-state index contributed by atoms with van der Waals surface area (Å²) in [4.78, 5) is 0. The summed E-state index contributed by atoms with van der Waals surface area (Å²) in [5, 5.41) is 11.0. The van der Waals surface area contributed by atoms with Gasteiger partial charge in [0.15, 0.2) is 0 Å². The molecule has 1 atom stereocenters. The topological polar surface area (TPSA) is 51.0 Å². The van der Waals surface area contributed by atoms with Gasteiger partial charge in [-0.1, -0.05) is 24.3 Å². The lowest BCUT2D eigenvalue weighted by Crippen LogP contribution is -2.23. The van der Waals surface area contributed by atoms with Gasteiger partial charge in [-0.25, -0.2) is 8.78 Å². The van der Waals surface area contributed by atoms with E-state index in [0.29, 0.717) is 24.7 Å². The fourth-order valence-electron chi connectivity index (χ4n) is 2.55. The van der Waals surface area contributed by atoms with E-state index in [4.69, 9.17) is 4.42 Å². The minimum Gasteiger partial charge on any atom is -0.424 e. The molecule has 0 bridgehead atoms. The van der Waals surface area contributed by atoms with E-state index < -0.39 is 0 Å². The average Bonchev–Trinajstić information content (AvgIpc) is 2.97. The van der Waals surface area contributed by atoms with Crippen LogP contribution in [0.25, 0.3) is 0 Å². The van der Waals surface area contributed by atoms with E-state index in [0.717, 1.165) is 11.1 Å². The van der Waals surface area contributed by atoms with Gasteiger partial charge >= 0.3 is 0 Å². The Labute approximate surface area is 138 Å². The molecule has 1 heterocycles. The van der Waals surface area contributed by atoms with Gasteiger partial charge in [0.1, 0.15) is 11.6 Å². The van der Waals surface area contributed by atoms with E-state index in [2.05, 4.69) is 15.5 Å². The molecule has 0 aliphatic heterocycles. The number of hydrogen-bond acceptors (Lipinski definition) is 4. The lowest BCUT2D eigenvalue weighted by atomic mass is 9.98. The van der Waals surface area contributed by atoms with Crippen molar-refractivity contribution in [1.29, 1.82) is 0 Å². The summed E-state index contributed by atoms with van der Waals surface area (Å²) >= 11 is 0. The Kier molecular flexibility index (Phi) is 4.96. The SMILES string of the molecule is Cc1nnc(CN[C@@H](Cc2cccc(F)c2)c2cccc(F)c2)o1. The number of nitrogens with zero attached hydrogens (tertiary/aromatic N) is 2. The smallest absolute Gasteiger partial charge is 0.230 e. The lowest BCUT2D eigenvalue weighted by molar-refractivity contribution is 0.421. The van der Waals surface area contributed by atoms with Crippen LogP contribution in [0.1, 0.15) is 29.0 Å². The molecule has 24 heavy (non-hydrogen) atoms. The number of benzene rings is 2. The molecule has 124 valence electrons. The van der Waals surface area contributed by atoms with Crippen molar-refractivity contribution in [3.05, 3.63) is 83.1 Å². The molecule has 0 saturated heterocycles. The summed E-state index contributed by atoms with van der Waals surface area (Å²) in [7, 11) is 0. The Morgan fingerprint density at radius 3 is 2.46 bits per heavy atom. The molecule has 1 N–H and O–H groups in total. The molecular formula is C18H17F2N3O. The van der Waals surface area contributed by atoms with Crippen molar-refractivity contribution in [1.82, 2.24) is 15.5 Å². The predicted octanol–water partition coefficient (Wildman–Crippen LogP) is 3.73. The second kappa shape index (κ2) is 7.31. The lowest BCUT2D eigenvalue weighted by Gasteiger charge is -2.19. The van der Waals surface area contributed by atoms with Crippen molar-refractivity contribution in [3.63, 3.8) is 0 Å². The molecule has 6 heteroatoms. The zero-order valence-electron chi connectivity index (χ0n) is 13.2. The molecule has 2 aromatic carbocycles. The third-order valence-corrected chi connectivity index (χ3v) is 3.65. The number of aryl methyl sites for hydroxylation is 1. The van der Waals surface area contributed by atoms with Crippen LogP contribution in [0.2, 0.25) is 0 Å². The molecule has 3 aromatic rings. The number of halogens is 2. The van der Waals surface area contributed by atoms with Gasteiger partial charge < -0.3 is 9.73 Å². The first-order chi connectivity index (χ1) is 11.6. The molecule has 0 aliphatic carbocycles. The zero-order chi connectivity index (χ0) is 16.9. The second-order valence-corrected chi connectivity index (χ2v) is 5.54. The fourth-order valence-corrected chi connectivity index (χ4v) is 2.55. The first-order valence-corrected chi connectivity index (χ1v) is 7.62. The van der Waals surface area contributed by atoms with Crippen molar-refractivity contribution in [2.24, 2.45) is 0 Å². The van der Waals surface area contributed by atoms with Crippen LogP contribution in [0, 0.1) is 18.6 Å². The van der Waals surface area contributed by atoms with Gasteiger partial charge in [-0.15, -0.1) is 10.2 Å². The summed E-state index contributed by atoms with van der Waals surface area (Å²) in [5.74, 6) is 0.331. The van der Waals surface area contributed by atoms with Crippen LogP contribution in [0.5, 0.6) is 0 Å². The van der Waals surface area contributed by atoms with E-state index in [1.54, 1.807) is 19.1 Å². The standard InChI is InChI=1S/C18H17F2N3O/c1-12-22-23-18(24-12)11-21-17(14-5-3-7-16(20)10-14)9-13-4-2-6-15(19)8-13/h2-8,10,17,21H,9,11H2,1H3/t17-/m0/s1. The maximum Gasteiger partial charge on any atom is 0.230 e. The molecule has 0 unspecified atom stereocenters. The van der Waals surface area contributed by atoms with E-state index in [1.165, 1.54) is 24.3 Å². The van der Waals surface area contributed by atoms with Crippen LogP contribution in [-0.2, 0) is 13.0 Å². The van der Waals surface area contributed by atoms with Crippen LogP contribution >= 0.6 is 0 Å². The Morgan fingerprint density at radius 2 is 1.79 bits per heavy atom. The highest BCUT2D eigenvalue weighted by molar-refractivity contribution is 5.25. The molecule has 0 fully saturated rings. The molecule has 0 aliphatic rings. The molecule has 0 amide bonds. The summed E-state index contributed by atoms with van der Waals surface area (Å²) in [6.07, 6.45) is 0.508. The van der Waals surface area contributed by atoms with Gasteiger partial charge in [0.2, 0.25) is 11.8 Å². The quantitative estimate of drug-likeness (QED) is 0.749. The Hall–Kier alpha value is -2.60. The van der Waals surface area contributed by atoms with Crippen molar-refractivity contribution >= 4 is 0 Å². The Morgan fingerprint density at radius 1 is 1.04 bits per heavy atom. The highest BCUT2D eigenvalue weighted by atomic mass is 19.1. The maximum atomic E-state index is 13.6. The van der Waals surface area contributed by atoms with Crippen LogP contribution in [-0.4, -0.2) is 10.2 Å². The van der Waals surface area contributed by atoms with Crippen molar-refractivity contribution < 1.29 is 13.2 Å². The minimum absolute atomic E-state index is 0.213. The van der Waals surface area contributed by atoms with Crippen LogP contribution < -0.4 is 5.32 Å². The molecule has 4 nitrogen and oxygen atoms in total.